The molecule has 1 aromatic heterocycles. The smallest absolute Gasteiger partial charge is 0.251 e. The van der Waals surface area contributed by atoms with Gasteiger partial charge in [-0.3, -0.25) is 14.7 Å². The van der Waals surface area contributed by atoms with Crippen LogP contribution in [0.4, 0.5) is 4.39 Å². The Kier molecular flexibility index (Phi) is 4.98. The summed E-state index contributed by atoms with van der Waals surface area (Å²) < 4.78 is 13.2. The second kappa shape index (κ2) is 7.54. The van der Waals surface area contributed by atoms with Crippen LogP contribution in [0.3, 0.4) is 0 Å². The van der Waals surface area contributed by atoms with Gasteiger partial charge in [0.1, 0.15) is 5.82 Å². The minimum atomic E-state index is -0.188. The minimum Gasteiger partial charge on any atom is -0.349 e. The van der Waals surface area contributed by atoms with Crippen molar-refractivity contribution in [1.29, 1.82) is 0 Å². The van der Waals surface area contributed by atoms with Crippen LogP contribution in [-0.2, 0) is 6.54 Å². The van der Waals surface area contributed by atoms with E-state index in [1.54, 1.807) is 24.5 Å². The number of aromatic nitrogens is 1. The molecule has 0 saturated carbocycles. The quantitative estimate of drug-likeness (QED) is 0.914. The van der Waals surface area contributed by atoms with E-state index in [0.29, 0.717) is 17.6 Å². The maximum atomic E-state index is 13.2. The fourth-order valence-corrected chi connectivity index (χ4v) is 4.43. The summed E-state index contributed by atoms with van der Waals surface area (Å²) in [6, 6.07) is 11.5. The third-order valence-electron chi connectivity index (χ3n) is 5.68. The molecule has 5 heteroatoms. The molecule has 0 spiro atoms. The number of hydrogen-bond donors (Lipinski definition) is 1. The first-order valence-electron chi connectivity index (χ1n) is 9.40. The van der Waals surface area contributed by atoms with Crippen molar-refractivity contribution in [3.63, 3.8) is 0 Å². The van der Waals surface area contributed by atoms with Gasteiger partial charge in [-0.1, -0.05) is 18.6 Å². The van der Waals surface area contributed by atoms with Crippen molar-refractivity contribution in [2.75, 3.05) is 0 Å². The summed E-state index contributed by atoms with van der Waals surface area (Å²) in [5.74, 6) is -0.200. The van der Waals surface area contributed by atoms with Gasteiger partial charge in [0.25, 0.3) is 5.91 Å². The first-order chi connectivity index (χ1) is 12.7. The zero-order valence-electron chi connectivity index (χ0n) is 14.8. The van der Waals surface area contributed by atoms with Gasteiger partial charge in [0.15, 0.2) is 0 Å². The molecule has 2 aromatic rings. The third-order valence-corrected chi connectivity index (χ3v) is 5.68. The second-order valence-electron chi connectivity index (χ2n) is 7.42. The molecule has 26 heavy (non-hydrogen) atoms. The van der Waals surface area contributed by atoms with Gasteiger partial charge in [0.05, 0.1) is 0 Å². The number of carbonyl (C=O) groups is 1. The molecule has 1 amide bonds. The number of nitrogens with zero attached hydrogens (tertiary/aromatic N) is 2. The van der Waals surface area contributed by atoms with Crippen LogP contribution in [0.2, 0.25) is 0 Å². The molecule has 1 aromatic carbocycles. The zero-order chi connectivity index (χ0) is 17.9. The van der Waals surface area contributed by atoms with E-state index in [4.69, 9.17) is 0 Å². The van der Waals surface area contributed by atoms with E-state index in [1.807, 2.05) is 12.1 Å². The van der Waals surface area contributed by atoms with E-state index in [1.165, 1.54) is 31.4 Å². The number of benzene rings is 1. The summed E-state index contributed by atoms with van der Waals surface area (Å²) in [4.78, 5) is 19.0. The third kappa shape index (κ3) is 3.78. The summed E-state index contributed by atoms with van der Waals surface area (Å²) in [5, 5.41) is 3.21. The molecule has 4 rings (SSSR count). The lowest BCUT2D eigenvalue weighted by molar-refractivity contribution is 0.0177. The highest BCUT2D eigenvalue weighted by Gasteiger charge is 2.38. The van der Waals surface area contributed by atoms with Gasteiger partial charge in [-0.15, -0.1) is 0 Å². The normalized spacial score (nSPS) is 25.7. The molecule has 1 N–H and O–H groups in total. The van der Waals surface area contributed by atoms with Crippen LogP contribution in [0.1, 0.15) is 48.0 Å². The number of amides is 1. The number of rotatable bonds is 4. The summed E-state index contributed by atoms with van der Waals surface area (Å²) >= 11 is 0. The average Bonchev–Trinajstić information content (AvgIpc) is 2.65. The number of hydrogen-bond acceptors (Lipinski definition) is 3. The molecule has 2 saturated heterocycles. The van der Waals surface area contributed by atoms with Crippen molar-refractivity contribution < 1.29 is 9.18 Å². The van der Waals surface area contributed by atoms with Gasteiger partial charge in [0, 0.05) is 42.6 Å². The van der Waals surface area contributed by atoms with Gasteiger partial charge < -0.3 is 5.32 Å². The topological polar surface area (TPSA) is 45.2 Å². The number of halogens is 1. The van der Waals surface area contributed by atoms with Crippen LogP contribution in [0.5, 0.6) is 0 Å². The molecule has 2 aliphatic heterocycles. The van der Waals surface area contributed by atoms with Crippen LogP contribution in [0, 0.1) is 5.82 Å². The van der Waals surface area contributed by atoms with Crippen LogP contribution in [0.25, 0.3) is 0 Å². The number of piperidine rings is 2. The lowest BCUT2D eigenvalue weighted by atomic mass is 9.81. The summed E-state index contributed by atoms with van der Waals surface area (Å²) in [7, 11) is 0. The molecule has 4 nitrogen and oxygen atoms in total. The van der Waals surface area contributed by atoms with E-state index < -0.39 is 0 Å². The second-order valence-corrected chi connectivity index (χ2v) is 7.42. The molecule has 2 fully saturated rings. The highest BCUT2D eigenvalue weighted by Crippen LogP contribution is 2.35. The number of nitrogens with one attached hydrogen (secondary N) is 1. The Labute approximate surface area is 153 Å². The van der Waals surface area contributed by atoms with Crippen LogP contribution < -0.4 is 5.32 Å². The molecule has 136 valence electrons. The Hall–Kier alpha value is -2.27. The number of pyridine rings is 1. The van der Waals surface area contributed by atoms with Gasteiger partial charge in [-0.25, -0.2) is 4.39 Å². The molecule has 2 bridgehead atoms. The van der Waals surface area contributed by atoms with E-state index >= 15 is 0 Å². The maximum Gasteiger partial charge on any atom is 0.251 e. The number of carbonyl (C=O) groups excluding carboxylic acids is 1. The highest BCUT2D eigenvalue weighted by molar-refractivity contribution is 5.94. The lowest BCUT2D eigenvalue weighted by Gasteiger charge is -2.49. The van der Waals surface area contributed by atoms with Crippen molar-refractivity contribution in [3.8, 4) is 0 Å². The largest absolute Gasteiger partial charge is 0.349 e. The molecule has 0 aliphatic carbocycles. The lowest BCUT2D eigenvalue weighted by Crippen LogP contribution is -2.56. The Balaban J connectivity index is 1.41. The van der Waals surface area contributed by atoms with E-state index in [2.05, 4.69) is 15.2 Å². The number of fused-ring (bicyclic) bond motifs is 2. The standard InChI is InChI=1S/C21H24FN3O/c22-17-6-4-15(5-7-17)14-25-19-2-1-3-20(25)13-18(12-19)24-21(26)16-8-10-23-11-9-16/h4-11,18-20H,1-3,12-14H2,(H,24,26). The monoisotopic (exact) mass is 353 g/mol. The Bertz CT molecular complexity index is 736. The van der Waals surface area contributed by atoms with Crippen molar-refractivity contribution in [2.45, 2.75) is 56.8 Å². The SMILES string of the molecule is O=C(NC1CC2CCCC(C1)N2Cc1ccc(F)cc1)c1ccncc1. The van der Waals surface area contributed by atoms with Crippen LogP contribution in [0.15, 0.2) is 48.8 Å². The predicted molar refractivity (Wildman–Crippen MR) is 98.1 cm³/mol. The maximum absolute atomic E-state index is 13.2. The van der Waals surface area contributed by atoms with Crippen LogP contribution >= 0.6 is 0 Å². The van der Waals surface area contributed by atoms with E-state index in [-0.39, 0.29) is 17.8 Å². The van der Waals surface area contributed by atoms with Crippen molar-refractivity contribution >= 4 is 5.91 Å². The van der Waals surface area contributed by atoms with Crippen molar-refractivity contribution in [2.24, 2.45) is 0 Å². The summed E-state index contributed by atoms with van der Waals surface area (Å²) in [6.45, 7) is 0.862. The van der Waals surface area contributed by atoms with Crippen molar-refractivity contribution in [3.05, 3.63) is 65.7 Å². The average molecular weight is 353 g/mol. The Morgan fingerprint density at radius 2 is 1.73 bits per heavy atom. The fourth-order valence-electron chi connectivity index (χ4n) is 4.43. The van der Waals surface area contributed by atoms with Crippen LogP contribution in [-0.4, -0.2) is 33.9 Å². The first-order valence-corrected chi connectivity index (χ1v) is 9.40. The molecular formula is C21H24FN3O. The molecule has 2 unspecified atom stereocenters. The van der Waals surface area contributed by atoms with Gasteiger partial charge in [-0.05, 0) is 55.5 Å². The Morgan fingerprint density at radius 3 is 2.38 bits per heavy atom. The fraction of sp³-hybridized carbons (Fsp3) is 0.429. The first kappa shape index (κ1) is 17.2. The minimum absolute atomic E-state index is 0.0116. The van der Waals surface area contributed by atoms with Gasteiger partial charge >= 0.3 is 0 Å². The predicted octanol–water partition coefficient (Wildman–Crippen LogP) is 3.54. The highest BCUT2D eigenvalue weighted by atomic mass is 19.1. The van der Waals surface area contributed by atoms with Gasteiger partial charge in [0.2, 0.25) is 0 Å². The molecule has 2 aliphatic rings. The van der Waals surface area contributed by atoms with E-state index in [9.17, 15) is 9.18 Å². The molecule has 0 radical (unpaired) electrons. The summed E-state index contributed by atoms with van der Waals surface area (Å²) in [6.07, 6.45) is 8.84. The van der Waals surface area contributed by atoms with E-state index in [0.717, 1.165) is 24.9 Å². The molecular weight excluding hydrogens is 329 g/mol. The summed E-state index contributed by atoms with van der Waals surface area (Å²) in [5.41, 5.74) is 1.82. The molecule has 2 atom stereocenters. The zero-order valence-corrected chi connectivity index (χ0v) is 14.8. The van der Waals surface area contributed by atoms with Gasteiger partial charge in [-0.2, -0.15) is 0 Å². The Morgan fingerprint density at radius 1 is 1.08 bits per heavy atom. The molecule has 3 heterocycles. The van der Waals surface area contributed by atoms with Crippen molar-refractivity contribution in [1.82, 2.24) is 15.2 Å².